The number of rotatable bonds is 4. The molecule has 0 amide bonds. The Morgan fingerprint density at radius 1 is 1.14 bits per heavy atom. The summed E-state index contributed by atoms with van der Waals surface area (Å²) in [6.45, 7) is 9.05. The van der Waals surface area contributed by atoms with Crippen LogP contribution in [0.5, 0.6) is 5.75 Å². The van der Waals surface area contributed by atoms with Gasteiger partial charge in [0, 0.05) is 22.2 Å². The normalized spacial score (nSPS) is 10.8. The Labute approximate surface area is 125 Å². The standard InChI is InChI=1S/C19H19NO/c1-4-21-16-9-7-8-15(12-16)13(2)19-14(3)20-18-11-6-5-10-17(18)19/h5-12,20H,2,4H2,1,3H3. The van der Waals surface area contributed by atoms with Crippen molar-refractivity contribution in [1.29, 1.82) is 0 Å². The number of ether oxygens (including phenoxy) is 1. The van der Waals surface area contributed by atoms with Gasteiger partial charge in [0.25, 0.3) is 0 Å². The van der Waals surface area contributed by atoms with Crippen molar-refractivity contribution in [2.75, 3.05) is 6.61 Å². The van der Waals surface area contributed by atoms with Gasteiger partial charge in [-0.25, -0.2) is 0 Å². The number of benzene rings is 2. The smallest absolute Gasteiger partial charge is 0.119 e. The fourth-order valence-corrected chi connectivity index (χ4v) is 2.75. The number of H-pyrrole nitrogens is 1. The van der Waals surface area contributed by atoms with E-state index in [4.69, 9.17) is 4.74 Å². The summed E-state index contributed by atoms with van der Waals surface area (Å²) in [7, 11) is 0. The summed E-state index contributed by atoms with van der Waals surface area (Å²) in [4.78, 5) is 3.43. The van der Waals surface area contributed by atoms with Crippen molar-refractivity contribution in [3.8, 4) is 5.75 Å². The highest BCUT2D eigenvalue weighted by Crippen LogP contribution is 2.32. The molecule has 0 aliphatic rings. The second kappa shape index (κ2) is 5.49. The van der Waals surface area contributed by atoms with E-state index in [2.05, 4.69) is 42.8 Å². The number of aromatic nitrogens is 1. The Morgan fingerprint density at radius 2 is 1.95 bits per heavy atom. The number of nitrogens with one attached hydrogen (secondary N) is 1. The van der Waals surface area contributed by atoms with Gasteiger partial charge in [0.1, 0.15) is 5.75 Å². The molecule has 0 radical (unpaired) electrons. The van der Waals surface area contributed by atoms with Gasteiger partial charge < -0.3 is 9.72 Å². The molecule has 0 atom stereocenters. The van der Waals surface area contributed by atoms with Crippen molar-refractivity contribution in [1.82, 2.24) is 4.98 Å². The zero-order valence-electron chi connectivity index (χ0n) is 12.4. The van der Waals surface area contributed by atoms with Crippen molar-refractivity contribution in [2.24, 2.45) is 0 Å². The molecular formula is C19H19NO. The molecule has 0 aliphatic heterocycles. The topological polar surface area (TPSA) is 25.0 Å². The maximum atomic E-state index is 5.58. The number of hydrogen-bond donors (Lipinski definition) is 1. The first-order chi connectivity index (χ1) is 10.2. The number of hydrogen-bond acceptors (Lipinski definition) is 1. The minimum Gasteiger partial charge on any atom is -0.494 e. The Balaban J connectivity index is 2.08. The van der Waals surface area contributed by atoms with Gasteiger partial charge in [0.05, 0.1) is 6.61 Å². The molecule has 0 bridgehead atoms. The monoisotopic (exact) mass is 277 g/mol. The van der Waals surface area contributed by atoms with Crippen LogP contribution in [0.4, 0.5) is 0 Å². The van der Waals surface area contributed by atoms with Gasteiger partial charge in [0.2, 0.25) is 0 Å². The van der Waals surface area contributed by atoms with E-state index in [1.165, 1.54) is 10.9 Å². The molecule has 0 unspecified atom stereocenters. The average molecular weight is 277 g/mol. The second-order valence-corrected chi connectivity index (χ2v) is 5.11. The Kier molecular flexibility index (Phi) is 3.53. The summed E-state index contributed by atoms with van der Waals surface area (Å²) in [6, 6.07) is 16.4. The van der Waals surface area contributed by atoms with Gasteiger partial charge in [-0.2, -0.15) is 0 Å². The van der Waals surface area contributed by atoms with Crippen molar-refractivity contribution in [3.63, 3.8) is 0 Å². The lowest BCUT2D eigenvalue weighted by molar-refractivity contribution is 0.340. The summed E-state index contributed by atoms with van der Waals surface area (Å²) in [6.07, 6.45) is 0. The van der Waals surface area contributed by atoms with E-state index in [9.17, 15) is 0 Å². The highest BCUT2D eigenvalue weighted by atomic mass is 16.5. The summed E-state index contributed by atoms with van der Waals surface area (Å²) >= 11 is 0. The molecule has 3 rings (SSSR count). The number of aromatic amines is 1. The first-order valence-corrected chi connectivity index (χ1v) is 7.20. The molecule has 2 nitrogen and oxygen atoms in total. The van der Waals surface area contributed by atoms with Crippen LogP contribution in [-0.4, -0.2) is 11.6 Å². The van der Waals surface area contributed by atoms with Crippen molar-refractivity contribution in [2.45, 2.75) is 13.8 Å². The molecular weight excluding hydrogens is 258 g/mol. The Morgan fingerprint density at radius 3 is 2.76 bits per heavy atom. The molecule has 106 valence electrons. The molecule has 1 heterocycles. The third kappa shape index (κ3) is 2.45. The number of para-hydroxylation sites is 1. The van der Waals surface area contributed by atoms with E-state index in [0.717, 1.165) is 28.1 Å². The fourth-order valence-electron chi connectivity index (χ4n) is 2.75. The highest BCUT2D eigenvalue weighted by Gasteiger charge is 2.12. The summed E-state index contributed by atoms with van der Waals surface area (Å²) in [5.41, 5.74) is 5.58. The van der Waals surface area contributed by atoms with Gasteiger partial charge in [-0.05, 0) is 43.2 Å². The van der Waals surface area contributed by atoms with Gasteiger partial charge in [-0.15, -0.1) is 0 Å². The van der Waals surface area contributed by atoms with E-state index in [-0.39, 0.29) is 0 Å². The highest BCUT2D eigenvalue weighted by molar-refractivity contribution is 5.97. The lowest BCUT2D eigenvalue weighted by atomic mass is 9.97. The first kappa shape index (κ1) is 13.5. The minimum atomic E-state index is 0.669. The summed E-state index contributed by atoms with van der Waals surface area (Å²) in [5.74, 6) is 0.883. The van der Waals surface area contributed by atoms with Crippen LogP contribution < -0.4 is 4.74 Å². The van der Waals surface area contributed by atoms with Gasteiger partial charge in [0.15, 0.2) is 0 Å². The Hall–Kier alpha value is -2.48. The van der Waals surface area contributed by atoms with Crippen molar-refractivity contribution < 1.29 is 4.74 Å². The van der Waals surface area contributed by atoms with Gasteiger partial charge in [-0.1, -0.05) is 36.9 Å². The number of aryl methyl sites for hydroxylation is 1. The maximum Gasteiger partial charge on any atom is 0.119 e. The van der Waals surface area contributed by atoms with Crippen LogP contribution in [0.3, 0.4) is 0 Å². The van der Waals surface area contributed by atoms with Crippen LogP contribution in [0.25, 0.3) is 16.5 Å². The van der Waals surface area contributed by atoms with Crippen molar-refractivity contribution in [3.05, 3.63) is 71.9 Å². The van der Waals surface area contributed by atoms with Crippen LogP contribution in [0.1, 0.15) is 23.7 Å². The zero-order chi connectivity index (χ0) is 14.8. The molecule has 2 aromatic carbocycles. The van der Waals surface area contributed by atoms with Crippen LogP contribution in [-0.2, 0) is 0 Å². The van der Waals surface area contributed by atoms with Crippen molar-refractivity contribution >= 4 is 16.5 Å². The molecule has 1 aromatic heterocycles. The van der Waals surface area contributed by atoms with Crippen LogP contribution in [0.15, 0.2) is 55.1 Å². The molecule has 2 heteroatoms. The van der Waals surface area contributed by atoms with E-state index in [1.54, 1.807) is 0 Å². The lowest BCUT2D eigenvalue weighted by Gasteiger charge is -2.09. The molecule has 0 aliphatic carbocycles. The SMILES string of the molecule is C=C(c1cccc(OCC)c1)c1c(C)[nH]c2ccccc12. The summed E-state index contributed by atoms with van der Waals surface area (Å²) in [5, 5.41) is 1.21. The largest absolute Gasteiger partial charge is 0.494 e. The molecule has 3 aromatic rings. The van der Waals surface area contributed by atoms with Gasteiger partial charge >= 0.3 is 0 Å². The quantitative estimate of drug-likeness (QED) is 0.718. The second-order valence-electron chi connectivity index (χ2n) is 5.11. The first-order valence-electron chi connectivity index (χ1n) is 7.20. The summed E-state index contributed by atoms with van der Waals surface area (Å²) < 4.78 is 5.58. The molecule has 1 N–H and O–H groups in total. The zero-order valence-corrected chi connectivity index (χ0v) is 12.4. The third-order valence-electron chi connectivity index (χ3n) is 3.69. The molecule has 0 saturated carbocycles. The number of fused-ring (bicyclic) bond motifs is 1. The predicted octanol–water partition coefficient (Wildman–Crippen LogP) is 4.94. The minimum absolute atomic E-state index is 0.669. The predicted molar refractivity (Wildman–Crippen MR) is 88.8 cm³/mol. The lowest BCUT2D eigenvalue weighted by Crippen LogP contribution is -1.93. The average Bonchev–Trinajstić information content (AvgIpc) is 2.83. The van der Waals surface area contributed by atoms with Crippen LogP contribution in [0, 0.1) is 6.92 Å². The molecule has 21 heavy (non-hydrogen) atoms. The van der Waals surface area contributed by atoms with Crippen LogP contribution in [0.2, 0.25) is 0 Å². The molecule has 0 spiro atoms. The Bertz CT molecular complexity index is 798. The third-order valence-corrected chi connectivity index (χ3v) is 3.69. The van der Waals surface area contributed by atoms with E-state index < -0.39 is 0 Å². The molecule has 0 saturated heterocycles. The van der Waals surface area contributed by atoms with E-state index in [0.29, 0.717) is 6.61 Å². The van der Waals surface area contributed by atoms with Crippen LogP contribution >= 0.6 is 0 Å². The fraction of sp³-hybridized carbons (Fsp3) is 0.158. The van der Waals surface area contributed by atoms with E-state index >= 15 is 0 Å². The van der Waals surface area contributed by atoms with Gasteiger partial charge in [-0.3, -0.25) is 0 Å². The van der Waals surface area contributed by atoms with E-state index in [1.807, 2.05) is 31.2 Å². The maximum absolute atomic E-state index is 5.58. The molecule has 0 fully saturated rings.